The molecular weight excluding hydrogens is 264 g/mol. The van der Waals surface area contributed by atoms with Crippen LogP contribution in [0.4, 0.5) is 0 Å². The zero-order valence-corrected chi connectivity index (χ0v) is 12.9. The third-order valence-corrected chi connectivity index (χ3v) is 4.56. The summed E-state index contributed by atoms with van der Waals surface area (Å²) in [5, 5.41) is 0. The molecule has 0 aliphatic heterocycles. The zero-order chi connectivity index (χ0) is 14.4. The molecule has 0 aromatic heterocycles. The average molecular weight is 286 g/mol. The van der Waals surface area contributed by atoms with Crippen molar-refractivity contribution in [3.05, 3.63) is 65.2 Å². The number of hydrogen-bond donors (Lipinski definition) is 2. The van der Waals surface area contributed by atoms with E-state index in [-0.39, 0.29) is 6.04 Å². The van der Waals surface area contributed by atoms with Crippen LogP contribution in [0.25, 0.3) is 0 Å². The molecule has 2 rings (SSSR count). The van der Waals surface area contributed by atoms with Crippen molar-refractivity contribution >= 4 is 11.8 Å². The summed E-state index contributed by atoms with van der Waals surface area (Å²) in [5.74, 6) is 6.67. The maximum absolute atomic E-state index is 5.70. The molecule has 0 fully saturated rings. The number of nitrogens with two attached hydrogens (primary N) is 1. The van der Waals surface area contributed by atoms with E-state index < -0.39 is 0 Å². The van der Waals surface area contributed by atoms with Crippen LogP contribution in [0, 0.1) is 13.8 Å². The largest absolute Gasteiger partial charge is 0.271 e. The van der Waals surface area contributed by atoms with Crippen LogP contribution in [-0.4, -0.2) is 11.8 Å². The maximum Gasteiger partial charge on any atom is 0.0345 e. The Labute approximate surface area is 125 Å². The zero-order valence-electron chi connectivity index (χ0n) is 12.1. The van der Waals surface area contributed by atoms with E-state index in [2.05, 4.69) is 67.8 Å². The Bertz CT molecular complexity index is 554. The van der Waals surface area contributed by atoms with Crippen LogP contribution in [0.2, 0.25) is 0 Å². The maximum atomic E-state index is 5.70. The van der Waals surface area contributed by atoms with E-state index in [9.17, 15) is 0 Å². The first kappa shape index (κ1) is 15.1. The van der Waals surface area contributed by atoms with Crippen LogP contribution in [-0.2, 0) is 6.42 Å². The summed E-state index contributed by atoms with van der Waals surface area (Å²) < 4.78 is 0. The fourth-order valence-electron chi connectivity index (χ4n) is 2.17. The summed E-state index contributed by atoms with van der Waals surface area (Å²) in [6, 6.07) is 17.4. The number of hydrogen-bond acceptors (Lipinski definition) is 3. The topological polar surface area (TPSA) is 38.0 Å². The predicted octanol–water partition coefficient (Wildman–Crippen LogP) is 3.47. The standard InChI is InChI=1S/C17H22N2S/c1-13-6-5-9-17(10-13)20-12-16(19-18)11-15-8-4-3-7-14(15)2/h3-10,16,19H,11-12,18H2,1-2H3. The van der Waals surface area contributed by atoms with Crippen LogP contribution in [0.15, 0.2) is 53.4 Å². The number of nitrogens with one attached hydrogen (secondary N) is 1. The van der Waals surface area contributed by atoms with Gasteiger partial charge in [0.15, 0.2) is 0 Å². The molecule has 106 valence electrons. The molecule has 20 heavy (non-hydrogen) atoms. The smallest absolute Gasteiger partial charge is 0.0345 e. The van der Waals surface area contributed by atoms with Crippen molar-refractivity contribution in [3.63, 3.8) is 0 Å². The monoisotopic (exact) mass is 286 g/mol. The Hall–Kier alpha value is -1.29. The summed E-state index contributed by atoms with van der Waals surface area (Å²) in [7, 11) is 0. The second kappa shape index (κ2) is 7.48. The normalized spacial score (nSPS) is 12.3. The molecule has 3 N–H and O–H groups in total. The Kier molecular flexibility index (Phi) is 5.65. The predicted molar refractivity (Wildman–Crippen MR) is 87.9 cm³/mol. The molecule has 0 aliphatic carbocycles. The average Bonchev–Trinajstić information content (AvgIpc) is 2.45. The van der Waals surface area contributed by atoms with E-state index >= 15 is 0 Å². The van der Waals surface area contributed by atoms with E-state index in [0.29, 0.717) is 0 Å². The summed E-state index contributed by atoms with van der Waals surface area (Å²) in [6.07, 6.45) is 0.960. The minimum absolute atomic E-state index is 0.279. The van der Waals surface area contributed by atoms with Gasteiger partial charge in [0, 0.05) is 16.7 Å². The van der Waals surface area contributed by atoms with Crippen molar-refractivity contribution in [1.29, 1.82) is 0 Å². The minimum atomic E-state index is 0.279. The van der Waals surface area contributed by atoms with E-state index in [1.165, 1.54) is 21.6 Å². The molecule has 0 spiro atoms. The van der Waals surface area contributed by atoms with Gasteiger partial charge in [-0.2, -0.15) is 0 Å². The third kappa shape index (κ3) is 4.37. The van der Waals surface area contributed by atoms with Crippen molar-refractivity contribution in [2.75, 3.05) is 5.75 Å². The second-order valence-electron chi connectivity index (χ2n) is 5.12. The van der Waals surface area contributed by atoms with Gasteiger partial charge in [-0.3, -0.25) is 11.3 Å². The minimum Gasteiger partial charge on any atom is -0.271 e. The van der Waals surface area contributed by atoms with Gasteiger partial charge in [0.1, 0.15) is 0 Å². The molecule has 1 unspecified atom stereocenters. The summed E-state index contributed by atoms with van der Waals surface area (Å²) in [4.78, 5) is 1.30. The van der Waals surface area contributed by atoms with Gasteiger partial charge in [-0.15, -0.1) is 11.8 Å². The van der Waals surface area contributed by atoms with E-state index in [1.807, 2.05) is 11.8 Å². The highest BCUT2D eigenvalue weighted by Crippen LogP contribution is 2.21. The van der Waals surface area contributed by atoms with Gasteiger partial charge in [-0.25, -0.2) is 0 Å². The van der Waals surface area contributed by atoms with Gasteiger partial charge in [0.25, 0.3) is 0 Å². The first-order chi connectivity index (χ1) is 9.69. The molecule has 2 aromatic carbocycles. The third-order valence-electron chi connectivity index (χ3n) is 3.40. The van der Waals surface area contributed by atoms with Gasteiger partial charge in [0.2, 0.25) is 0 Å². The van der Waals surface area contributed by atoms with Gasteiger partial charge >= 0.3 is 0 Å². The summed E-state index contributed by atoms with van der Waals surface area (Å²) in [6.45, 7) is 4.27. The first-order valence-corrected chi connectivity index (χ1v) is 7.87. The molecule has 0 heterocycles. The van der Waals surface area contributed by atoms with Gasteiger partial charge in [-0.05, 0) is 43.5 Å². The molecule has 2 nitrogen and oxygen atoms in total. The highest BCUT2D eigenvalue weighted by Gasteiger charge is 2.10. The molecule has 2 aromatic rings. The van der Waals surface area contributed by atoms with Crippen molar-refractivity contribution in [3.8, 4) is 0 Å². The quantitative estimate of drug-likeness (QED) is 0.485. The molecular formula is C17H22N2S. The van der Waals surface area contributed by atoms with Crippen molar-refractivity contribution in [2.24, 2.45) is 5.84 Å². The number of hydrazine groups is 1. The molecule has 3 heteroatoms. The summed E-state index contributed by atoms with van der Waals surface area (Å²) in [5.41, 5.74) is 6.93. The molecule has 0 radical (unpaired) electrons. The highest BCUT2D eigenvalue weighted by molar-refractivity contribution is 7.99. The molecule has 0 bridgehead atoms. The van der Waals surface area contributed by atoms with Crippen LogP contribution in [0.5, 0.6) is 0 Å². The van der Waals surface area contributed by atoms with Gasteiger partial charge < -0.3 is 0 Å². The van der Waals surface area contributed by atoms with Crippen molar-refractivity contribution in [2.45, 2.75) is 31.2 Å². The Morgan fingerprint density at radius 3 is 2.60 bits per heavy atom. The fourth-order valence-corrected chi connectivity index (χ4v) is 3.22. The SMILES string of the molecule is Cc1cccc(SCC(Cc2ccccc2C)NN)c1. The Morgan fingerprint density at radius 1 is 1.10 bits per heavy atom. The lowest BCUT2D eigenvalue weighted by atomic mass is 10.0. The van der Waals surface area contributed by atoms with Gasteiger partial charge in [0.05, 0.1) is 0 Å². The summed E-state index contributed by atoms with van der Waals surface area (Å²) >= 11 is 1.85. The second-order valence-corrected chi connectivity index (χ2v) is 6.22. The molecule has 0 amide bonds. The van der Waals surface area contributed by atoms with Crippen molar-refractivity contribution in [1.82, 2.24) is 5.43 Å². The van der Waals surface area contributed by atoms with E-state index in [1.54, 1.807) is 0 Å². The van der Waals surface area contributed by atoms with Crippen LogP contribution < -0.4 is 11.3 Å². The van der Waals surface area contributed by atoms with Crippen LogP contribution >= 0.6 is 11.8 Å². The number of aryl methyl sites for hydroxylation is 2. The first-order valence-electron chi connectivity index (χ1n) is 6.89. The number of thioether (sulfide) groups is 1. The molecule has 1 atom stereocenters. The van der Waals surface area contributed by atoms with E-state index in [4.69, 9.17) is 5.84 Å². The molecule has 0 saturated carbocycles. The molecule has 0 aliphatic rings. The van der Waals surface area contributed by atoms with Crippen LogP contribution in [0.3, 0.4) is 0 Å². The van der Waals surface area contributed by atoms with Crippen molar-refractivity contribution < 1.29 is 0 Å². The van der Waals surface area contributed by atoms with E-state index in [0.717, 1.165) is 12.2 Å². The molecule has 0 saturated heterocycles. The lowest BCUT2D eigenvalue weighted by molar-refractivity contribution is 0.574. The lowest BCUT2D eigenvalue weighted by Gasteiger charge is -2.17. The highest BCUT2D eigenvalue weighted by atomic mass is 32.2. The number of rotatable bonds is 6. The Morgan fingerprint density at radius 2 is 1.90 bits per heavy atom. The Balaban J connectivity index is 1.94. The van der Waals surface area contributed by atoms with Gasteiger partial charge in [-0.1, -0.05) is 42.0 Å². The van der Waals surface area contributed by atoms with Crippen LogP contribution in [0.1, 0.15) is 16.7 Å². The fraction of sp³-hybridized carbons (Fsp3) is 0.294. The lowest BCUT2D eigenvalue weighted by Crippen LogP contribution is -2.38. The number of benzene rings is 2.